The molecule has 1 unspecified atom stereocenters. The minimum atomic E-state index is -3.53. The first kappa shape index (κ1) is 15.2. The van der Waals surface area contributed by atoms with E-state index in [1.807, 2.05) is 0 Å². The van der Waals surface area contributed by atoms with Crippen molar-refractivity contribution in [1.82, 2.24) is 8.61 Å². The summed E-state index contributed by atoms with van der Waals surface area (Å²) in [4.78, 5) is 0. The number of nitrogens with two attached hydrogens (primary N) is 1. The van der Waals surface area contributed by atoms with Crippen molar-refractivity contribution in [2.24, 2.45) is 11.7 Å². The lowest BCUT2D eigenvalue weighted by atomic mass is 10.0. The maximum Gasteiger partial charge on any atom is 0.282 e. The van der Waals surface area contributed by atoms with Gasteiger partial charge in [-0.1, -0.05) is 0 Å². The van der Waals surface area contributed by atoms with Gasteiger partial charge in [-0.15, -0.1) is 0 Å². The van der Waals surface area contributed by atoms with Crippen molar-refractivity contribution in [1.29, 1.82) is 0 Å². The van der Waals surface area contributed by atoms with Gasteiger partial charge in [0, 0.05) is 26.2 Å². The molecular formula is C10H21N3O4S2. The number of nitrogens with zero attached hydrogens (tertiary/aromatic N) is 2. The van der Waals surface area contributed by atoms with E-state index in [1.165, 1.54) is 8.61 Å². The summed E-state index contributed by atoms with van der Waals surface area (Å²) >= 11 is 0. The van der Waals surface area contributed by atoms with Crippen LogP contribution >= 0.6 is 0 Å². The Labute approximate surface area is 114 Å². The summed E-state index contributed by atoms with van der Waals surface area (Å²) in [6.07, 6.45) is 1.77. The van der Waals surface area contributed by atoms with E-state index in [0.717, 1.165) is 12.8 Å². The fourth-order valence-electron chi connectivity index (χ4n) is 2.52. The molecule has 2 aliphatic rings. The third kappa shape index (κ3) is 3.46. The van der Waals surface area contributed by atoms with Gasteiger partial charge in [0.1, 0.15) is 0 Å². The van der Waals surface area contributed by atoms with Crippen molar-refractivity contribution < 1.29 is 16.8 Å². The molecule has 19 heavy (non-hydrogen) atoms. The minimum absolute atomic E-state index is 0.0639. The molecule has 1 atom stereocenters. The summed E-state index contributed by atoms with van der Waals surface area (Å²) in [5.41, 5.74) is 5.61. The molecule has 2 fully saturated rings. The molecule has 0 saturated carbocycles. The first-order valence-corrected chi connectivity index (χ1v) is 9.73. The van der Waals surface area contributed by atoms with Crippen LogP contribution in [0.4, 0.5) is 0 Å². The summed E-state index contributed by atoms with van der Waals surface area (Å²) in [5, 5.41) is 0. The predicted molar refractivity (Wildman–Crippen MR) is 72.5 cm³/mol. The topological polar surface area (TPSA) is 101 Å². The van der Waals surface area contributed by atoms with Crippen molar-refractivity contribution in [3.63, 3.8) is 0 Å². The molecule has 9 heteroatoms. The zero-order valence-corrected chi connectivity index (χ0v) is 12.5. The molecular weight excluding hydrogens is 290 g/mol. The summed E-state index contributed by atoms with van der Waals surface area (Å²) in [6.45, 7) is 1.56. The molecule has 2 heterocycles. The number of rotatable bonds is 3. The summed E-state index contributed by atoms with van der Waals surface area (Å²) in [6, 6.07) is 0. The largest absolute Gasteiger partial charge is 0.330 e. The van der Waals surface area contributed by atoms with Gasteiger partial charge in [-0.2, -0.15) is 17.0 Å². The zero-order chi connectivity index (χ0) is 14.1. The predicted octanol–water partition coefficient (Wildman–Crippen LogP) is -1.37. The Bertz CT molecular complexity index is 503. The van der Waals surface area contributed by atoms with Gasteiger partial charge in [-0.3, -0.25) is 0 Å². The molecule has 112 valence electrons. The third-order valence-corrected chi connectivity index (χ3v) is 7.38. The second-order valence-corrected chi connectivity index (χ2v) is 9.39. The fourth-order valence-corrected chi connectivity index (χ4v) is 5.68. The highest BCUT2D eigenvalue weighted by molar-refractivity contribution is 7.91. The van der Waals surface area contributed by atoms with Gasteiger partial charge < -0.3 is 5.73 Å². The summed E-state index contributed by atoms with van der Waals surface area (Å²) in [7, 11) is -6.60. The van der Waals surface area contributed by atoms with Crippen LogP contribution in [0.2, 0.25) is 0 Å². The second kappa shape index (κ2) is 5.65. The highest BCUT2D eigenvalue weighted by Crippen LogP contribution is 2.21. The molecule has 0 radical (unpaired) electrons. The van der Waals surface area contributed by atoms with Gasteiger partial charge >= 0.3 is 0 Å². The second-order valence-electron chi connectivity index (χ2n) is 5.16. The van der Waals surface area contributed by atoms with Crippen molar-refractivity contribution in [2.75, 3.05) is 44.2 Å². The smallest absolute Gasteiger partial charge is 0.282 e. The van der Waals surface area contributed by atoms with E-state index in [9.17, 15) is 16.8 Å². The Kier molecular flexibility index (Phi) is 4.51. The van der Waals surface area contributed by atoms with Gasteiger partial charge in [0.15, 0.2) is 9.84 Å². The van der Waals surface area contributed by atoms with Gasteiger partial charge in [0.05, 0.1) is 11.5 Å². The third-order valence-electron chi connectivity index (χ3n) is 3.77. The lowest BCUT2D eigenvalue weighted by Gasteiger charge is -2.36. The molecule has 2 N–H and O–H groups in total. The van der Waals surface area contributed by atoms with Crippen LogP contribution in [0.5, 0.6) is 0 Å². The molecule has 2 aliphatic heterocycles. The van der Waals surface area contributed by atoms with E-state index in [0.29, 0.717) is 19.6 Å². The lowest BCUT2D eigenvalue weighted by molar-refractivity contribution is 0.252. The summed E-state index contributed by atoms with van der Waals surface area (Å²) < 4.78 is 50.3. The zero-order valence-electron chi connectivity index (χ0n) is 10.9. The van der Waals surface area contributed by atoms with E-state index in [4.69, 9.17) is 5.73 Å². The number of sulfone groups is 1. The molecule has 0 amide bonds. The summed E-state index contributed by atoms with van der Waals surface area (Å²) in [5.74, 6) is 0.0397. The van der Waals surface area contributed by atoms with Crippen molar-refractivity contribution in [3.05, 3.63) is 0 Å². The average Bonchev–Trinajstić information content (AvgIpc) is 2.38. The maximum atomic E-state index is 12.4. The molecule has 0 spiro atoms. The molecule has 2 saturated heterocycles. The Morgan fingerprint density at radius 1 is 1.11 bits per heavy atom. The van der Waals surface area contributed by atoms with Crippen molar-refractivity contribution in [2.45, 2.75) is 12.8 Å². The number of piperidine rings is 1. The van der Waals surface area contributed by atoms with Crippen LogP contribution in [-0.4, -0.2) is 69.7 Å². The van der Waals surface area contributed by atoms with Gasteiger partial charge in [0.25, 0.3) is 10.2 Å². The van der Waals surface area contributed by atoms with Crippen molar-refractivity contribution >= 4 is 20.0 Å². The number of hydrogen-bond acceptors (Lipinski definition) is 5. The highest BCUT2D eigenvalue weighted by atomic mass is 32.2. The van der Waals surface area contributed by atoms with Crippen LogP contribution in [0.15, 0.2) is 0 Å². The van der Waals surface area contributed by atoms with Gasteiger partial charge in [-0.25, -0.2) is 8.42 Å². The van der Waals surface area contributed by atoms with E-state index in [2.05, 4.69) is 0 Å². The molecule has 0 bridgehead atoms. The monoisotopic (exact) mass is 311 g/mol. The normalized spacial score (nSPS) is 30.3. The minimum Gasteiger partial charge on any atom is -0.330 e. The molecule has 7 nitrogen and oxygen atoms in total. The molecule has 0 aliphatic carbocycles. The van der Waals surface area contributed by atoms with E-state index < -0.39 is 20.0 Å². The van der Waals surface area contributed by atoms with Crippen LogP contribution in [0.3, 0.4) is 0 Å². The van der Waals surface area contributed by atoms with E-state index >= 15 is 0 Å². The van der Waals surface area contributed by atoms with Crippen LogP contribution in [0, 0.1) is 5.92 Å². The van der Waals surface area contributed by atoms with E-state index in [-0.39, 0.29) is 30.5 Å². The van der Waals surface area contributed by atoms with Gasteiger partial charge in [-0.05, 0) is 25.3 Å². The van der Waals surface area contributed by atoms with Crippen LogP contribution in [0.1, 0.15) is 12.8 Å². The SMILES string of the molecule is NCC1CCCN(S(=O)(=O)N2CCS(=O)(=O)CC2)C1. The van der Waals surface area contributed by atoms with Crippen LogP contribution < -0.4 is 5.73 Å². The van der Waals surface area contributed by atoms with Crippen LogP contribution in [0.25, 0.3) is 0 Å². The van der Waals surface area contributed by atoms with Gasteiger partial charge in [0.2, 0.25) is 0 Å². The first-order chi connectivity index (χ1) is 8.85. The van der Waals surface area contributed by atoms with Crippen molar-refractivity contribution in [3.8, 4) is 0 Å². The lowest BCUT2D eigenvalue weighted by Crippen LogP contribution is -2.52. The highest BCUT2D eigenvalue weighted by Gasteiger charge is 2.36. The molecule has 2 rings (SSSR count). The quantitative estimate of drug-likeness (QED) is 0.693. The fraction of sp³-hybridized carbons (Fsp3) is 1.00. The first-order valence-electron chi connectivity index (χ1n) is 6.51. The van der Waals surface area contributed by atoms with E-state index in [1.54, 1.807) is 0 Å². The standard InChI is InChI=1S/C10H21N3O4S2/c11-8-10-2-1-3-13(9-10)19(16,17)12-4-6-18(14,15)7-5-12/h10H,1-9,11H2. The van der Waals surface area contributed by atoms with Crippen LogP contribution in [-0.2, 0) is 20.0 Å². The molecule has 0 aromatic heterocycles. The maximum absolute atomic E-state index is 12.4. The Hall–Kier alpha value is -0.220. The average molecular weight is 311 g/mol. The number of hydrogen-bond donors (Lipinski definition) is 1. The Balaban J connectivity index is 2.06. The Morgan fingerprint density at radius 3 is 2.32 bits per heavy atom. The molecule has 0 aromatic rings. The molecule has 0 aromatic carbocycles. The Morgan fingerprint density at radius 2 is 1.74 bits per heavy atom.